The smallest absolute Gasteiger partial charge is 0.387 e. The first-order valence-corrected chi connectivity index (χ1v) is 7.57. The zero-order chi connectivity index (χ0) is 19.8. The molecule has 27 heavy (non-hydrogen) atoms. The van der Waals surface area contributed by atoms with E-state index in [1.54, 1.807) is 0 Å². The van der Waals surface area contributed by atoms with Gasteiger partial charge in [0.05, 0.1) is 25.9 Å². The van der Waals surface area contributed by atoms with Crippen LogP contribution in [0.15, 0.2) is 42.5 Å². The third-order valence-corrected chi connectivity index (χ3v) is 3.32. The number of esters is 1. The summed E-state index contributed by atoms with van der Waals surface area (Å²) in [6.45, 7) is -2.97. The van der Waals surface area contributed by atoms with E-state index < -0.39 is 12.6 Å². The highest BCUT2D eigenvalue weighted by Crippen LogP contribution is 2.30. The summed E-state index contributed by atoms with van der Waals surface area (Å²) in [6, 6.07) is 10.5. The van der Waals surface area contributed by atoms with Crippen LogP contribution in [0.2, 0.25) is 0 Å². The van der Waals surface area contributed by atoms with Crippen LogP contribution in [-0.4, -0.2) is 26.8 Å². The highest BCUT2D eigenvalue weighted by atomic mass is 19.3. The van der Waals surface area contributed by atoms with Crippen molar-refractivity contribution >= 4 is 12.0 Å². The largest absolute Gasteiger partial charge is 0.493 e. The predicted molar refractivity (Wildman–Crippen MR) is 92.0 cm³/mol. The second-order valence-electron chi connectivity index (χ2n) is 5.02. The van der Waals surface area contributed by atoms with Crippen LogP contribution >= 0.6 is 0 Å². The van der Waals surface area contributed by atoms with E-state index in [0.717, 1.165) is 6.08 Å². The third kappa shape index (κ3) is 5.44. The molecule has 2 rings (SSSR count). The van der Waals surface area contributed by atoms with Gasteiger partial charge < -0.3 is 18.9 Å². The molecule has 0 N–H and O–H groups in total. The van der Waals surface area contributed by atoms with Crippen molar-refractivity contribution in [3.8, 4) is 29.1 Å². The maximum Gasteiger partial charge on any atom is 0.387 e. The van der Waals surface area contributed by atoms with Crippen LogP contribution in [0, 0.1) is 11.3 Å². The Morgan fingerprint density at radius 1 is 1.04 bits per heavy atom. The van der Waals surface area contributed by atoms with Gasteiger partial charge in [0.2, 0.25) is 0 Å². The van der Waals surface area contributed by atoms with Crippen LogP contribution in [0.25, 0.3) is 6.08 Å². The third-order valence-electron chi connectivity index (χ3n) is 3.32. The summed E-state index contributed by atoms with van der Waals surface area (Å²) in [5, 5.41) is 8.87. The van der Waals surface area contributed by atoms with E-state index in [-0.39, 0.29) is 23.0 Å². The van der Waals surface area contributed by atoms with Crippen LogP contribution in [0.1, 0.15) is 11.1 Å². The van der Waals surface area contributed by atoms with E-state index in [2.05, 4.69) is 4.74 Å². The van der Waals surface area contributed by atoms with Gasteiger partial charge >= 0.3 is 12.6 Å². The Morgan fingerprint density at radius 2 is 1.70 bits per heavy atom. The summed E-state index contributed by atoms with van der Waals surface area (Å²) < 4.78 is 44.2. The van der Waals surface area contributed by atoms with Crippen molar-refractivity contribution in [2.24, 2.45) is 0 Å². The molecule has 0 fully saturated rings. The molecule has 0 bridgehead atoms. The number of carbonyl (C=O) groups excluding carboxylic acids is 1. The lowest BCUT2D eigenvalue weighted by Crippen LogP contribution is -2.05. The minimum atomic E-state index is -2.97. The molecule has 0 radical (unpaired) electrons. The van der Waals surface area contributed by atoms with Gasteiger partial charge in [-0.25, -0.2) is 4.79 Å². The van der Waals surface area contributed by atoms with Crippen LogP contribution in [0.4, 0.5) is 8.78 Å². The van der Waals surface area contributed by atoms with Gasteiger partial charge in [0.1, 0.15) is 0 Å². The second-order valence-corrected chi connectivity index (χ2v) is 5.02. The van der Waals surface area contributed by atoms with Crippen LogP contribution < -0.4 is 18.9 Å². The van der Waals surface area contributed by atoms with Gasteiger partial charge in [0.15, 0.2) is 23.0 Å². The number of carbonyl (C=O) groups is 1. The number of hydrogen-bond donors (Lipinski definition) is 0. The summed E-state index contributed by atoms with van der Waals surface area (Å²) in [6.07, 6.45) is 2.58. The van der Waals surface area contributed by atoms with Crippen molar-refractivity contribution in [1.29, 1.82) is 5.26 Å². The number of methoxy groups -OCH3 is 2. The number of hydrogen-bond acceptors (Lipinski definition) is 6. The summed E-state index contributed by atoms with van der Waals surface area (Å²) >= 11 is 0. The van der Waals surface area contributed by atoms with Gasteiger partial charge in [0, 0.05) is 12.1 Å². The minimum Gasteiger partial charge on any atom is -0.493 e. The molecule has 0 unspecified atom stereocenters. The summed E-state index contributed by atoms with van der Waals surface area (Å²) in [5.74, 6) is -0.311. The Morgan fingerprint density at radius 3 is 2.33 bits per heavy atom. The van der Waals surface area contributed by atoms with E-state index in [0.29, 0.717) is 11.1 Å². The number of nitriles is 1. The fraction of sp³-hybridized carbons (Fsp3) is 0.158. The van der Waals surface area contributed by atoms with Crippen molar-refractivity contribution in [3.05, 3.63) is 53.6 Å². The molecule has 0 atom stereocenters. The van der Waals surface area contributed by atoms with Gasteiger partial charge in [-0.1, -0.05) is 6.07 Å². The second kappa shape index (κ2) is 9.20. The number of benzene rings is 2. The van der Waals surface area contributed by atoms with Crippen molar-refractivity contribution in [2.45, 2.75) is 6.61 Å². The zero-order valence-corrected chi connectivity index (χ0v) is 14.4. The standard InChI is InChI=1S/C19H15F2NO5/c1-24-16-9-12(3-6-15(16)27-19(20)21)5-8-18(23)26-14-7-4-13(11-22)10-17(14)25-2/h3-10,19H,1-2H3/b8-5+. The number of halogens is 2. The molecular formula is C19H15F2NO5. The molecule has 0 aliphatic heterocycles. The lowest BCUT2D eigenvalue weighted by Gasteiger charge is -2.10. The zero-order valence-electron chi connectivity index (χ0n) is 14.4. The van der Waals surface area contributed by atoms with Gasteiger partial charge in [-0.3, -0.25) is 0 Å². The average Bonchev–Trinajstić information content (AvgIpc) is 2.67. The molecule has 0 spiro atoms. The lowest BCUT2D eigenvalue weighted by molar-refractivity contribution is -0.129. The maximum atomic E-state index is 12.3. The minimum absolute atomic E-state index is 0.0968. The molecule has 0 aliphatic rings. The van der Waals surface area contributed by atoms with Crippen LogP contribution in [0.3, 0.4) is 0 Å². The van der Waals surface area contributed by atoms with E-state index >= 15 is 0 Å². The Bertz CT molecular complexity index is 890. The molecule has 0 heterocycles. The SMILES string of the molecule is COc1cc(C#N)ccc1OC(=O)/C=C/c1ccc(OC(F)F)c(OC)c1. The number of rotatable bonds is 7. The first kappa shape index (κ1) is 19.7. The topological polar surface area (TPSA) is 77.8 Å². The number of alkyl halides is 2. The Balaban J connectivity index is 2.12. The number of ether oxygens (including phenoxy) is 4. The Labute approximate surface area is 154 Å². The first-order chi connectivity index (χ1) is 13.0. The summed E-state index contributed by atoms with van der Waals surface area (Å²) in [7, 11) is 2.70. The van der Waals surface area contributed by atoms with E-state index in [9.17, 15) is 13.6 Å². The maximum absolute atomic E-state index is 12.3. The van der Waals surface area contributed by atoms with Gasteiger partial charge in [-0.15, -0.1) is 0 Å². The number of nitrogens with zero attached hydrogens (tertiary/aromatic N) is 1. The van der Waals surface area contributed by atoms with E-state index in [1.165, 1.54) is 56.7 Å². The van der Waals surface area contributed by atoms with Crippen LogP contribution in [-0.2, 0) is 4.79 Å². The lowest BCUT2D eigenvalue weighted by atomic mass is 10.2. The van der Waals surface area contributed by atoms with Crippen LogP contribution in [0.5, 0.6) is 23.0 Å². The fourth-order valence-electron chi connectivity index (χ4n) is 2.11. The monoisotopic (exact) mass is 375 g/mol. The highest BCUT2D eigenvalue weighted by Gasteiger charge is 2.11. The van der Waals surface area contributed by atoms with Crippen molar-refractivity contribution in [1.82, 2.24) is 0 Å². The van der Waals surface area contributed by atoms with Gasteiger partial charge in [-0.2, -0.15) is 14.0 Å². The van der Waals surface area contributed by atoms with Crippen molar-refractivity contribution < 1.29 is 32.5 Å². The van der Waals surface area contributed by atoms with E-state index in [1.807, 2.05) is 6.07 Å². The van der Waals surface area contributed by atoms with Gasteiger partial charge in [0.25, 0.3) is 0 Å². The first-order valence-electron chi connectivity index (χ1n) is 7.57. The normalized spacial score (nSPS) is 10.5. The predicted octanol–water partition coefficient (Wildman–Crippen LogP) is 3.80. The van der Waals surface area contributed by atoms with Crippen molar-refractivity contribution in [2.75, 3.05) is 14.2 Å². The summed E-state index contributed by atoms with van der Waals surface area (Å²) in [5.41, 5.74) is 0.873. The quantitative estimate of drug-likeness (QED) is 0.416. The molecule has 2 aromatic rings. The molecular weight excluding hydrogens is 360 g/mol. The molecule has 0 aliphatic carbocycles. The average molecular weight is 375 g/mol. The van der Waals surface area contributed by atoms with Crippen molar-refractivity contribution in [3.63, 3.8) is 0 Å². The molecule has 140 valence electrons. The molecule has 8 heteroatoms. The fourth-order valence-corrected chi connectivity index (χ4v) is 2.11. The molecule has 0 aromatic heterocycles. The Kier molecular flexibility index (Phi) is 6.72. The van der Waals surface area contributed by atoms with E-state index in [4.69, 9.17) is 19.5 Å². The molecule has 6 nitrogen and oxygen atoms in total. The van der Waals surface area contributed by atoms with Gasteiger partial charge in [-0.05, 0) is 35.9 Å². The highest BCUT2D eigenvalue weighted by molar-refractivity contribution is 5.89. The molecule has 0 saturated carbocycles. The molecule has 0 amide bonds. The molecule has 0 saturated heterocycles. The summed E-state index contributed by atoms with van der Waals surface area (Å²) in [4.78, 5) is 12.0. The Hall–Kier alpha value is -3.60. The molecule has 2 aromatic carbocycles.